The van der Waals surface area contributed by atoms with Gasteiger partial charge in [0.2, 0.25) is 11.8 Å². The minimum Gasteiger partial charge on any atom is -0.329 e. The van der Waals surface area contributed by atoms with Gasteiger partial charge in [-0.2, -0.15) is 0 Å². The first kappa shape index (κ1) is 17.9. The maximum absolute atomic E-state index is 12.9. The first-order chi connectivity index (χ1) is 11.7. The van der Waals surface area contributed by atoms with Gasteiger partial charge in [-0.3, -0.25) is 9.59 Å². The number of rotatable bonds is 8. The Labute approximate surface area is 146 Å². The molecular weight excluding hydrogens is 322 g/mol. The molecule has 0 saturated carbocycles. The Bertz CT molecular complexity index is 671. The molecule has 2 aromatic rings. The molecule has 2 amide bonds. The van der Waals surface area contributed by atoms with Crippen molar-refractivity contribution in [3.63, 3.8) is 0 Å². The standard InChI is InChI=1S/C18H21N3O2S/c1-3-11-21(13-16(22)20-18-19-10-12-24-18)17(23)15(4-2)14-8-6-5-7-9-14/h3,5-10,12,15H,1,4,11,13H2,2H3,(H,19,20,22). The van der Waals surface area contributed by atoms with Crippen LogP contribution < -0.4 is 5.32 Å². The average molecular weight is 343 g/mol. The van der Waals surface area contributed by atoms with Gasteiger partial charge in [-0.1, -0.05) is 43.3 Å². The summed E-state index contributed by atoms with van der Waals surface area (Å²) < 4.78 is 0. The molecule has 1 N–H and O–H groups in total. The SMILES string of the molecule is C=CCN(CC(=O)Nc1nccs1)C(=O)C(CC)c1ccccc1. The number of anilines is 1. The summed E-state index contributed by atoms with van der Waals surface area (Å²) in [7, 11) is 0. The highest BCUT2D eigenvalue weighted by atomic mass is 32.1. The van der Waals surface area contributed by atoms with E-state index >= 15 is 0 Å². The van der Waals surface area contributed by atoms with Gasteiger partial charge in [-0.15, -0.1) is 17.9 Å². The fourth-order valence-corrected chi connectivity index (χ4v) is 3.01. The zero-order valence-electron chi connectivity index (χ0n) is 13.6. The molecule has 0 radical (unpaired) electrons. The Morgan fingerprint density at radius 2 is 2.12 bits per heavy atom. The van der Waals surface area contributed by atoms with Gasteiger partial charge in [0, 0.05) is 18.1 Å². The Hall–Kier alpha value is -2.47. The first-order valence-corrected chi connectivity index (χ1v) is 8.67. The molecule has 0 spiro atoms. The summed E-state index contributed by atoms with van der Waals surface area (Å²) in [5.74, 6) is -0.597. The lowest BCUT2D eigenvalue weighted by Gasteiger charge is -2.25. The lowest BCUT2D eigenvalue weighted by molar-refractivity contribution is -0.135. The van der Waals surface area contributed by atoms with Gasteiger partial charge < -0.3 is 10.2 Å². The van der Waals surface area contributed by atoms with E-state index in [9.17, 15) is 9.59 Å². The molecule has 0 saturated heterocycles. The van der Waals surface area contributed by atoms with Crippen LogP contribution in [0.1, 0.15) is 24.8 Å². The van der Waals surface area contributed by atoms with Crippen LogP contribution in [0, 0.1) is 0 Å². The van der Waals surface area contributed by atoms with E-state index in [4.69, 9.17) is 0 Å². The van der Waals surface area contributed by atoms with E-state index < -0.39 is 0 Å². The van der Waals surface area contributed by atoms with Crippen LogP contribution in [0.25, 0.3) is 0 Å². The molecule has 1 aromatic carbocycles. The largest absolute Gasteiger partial charge is 0.329 e. The predicted molar refractivity (Wildman–Crippen MR) is 97.0 cm³/mol. The summed E-state index contributed by atoms with van der Waals surface area (Å²) in [5, 5.41) is 5.01. The fraction of sp³-hybridized carbons (Fsp3) is 0.278. The van der Waals surface area contributed by atoms with Gasteiger partial charge in [-0.05, 0) is 12.0 Å². The normalized spacial score (nSPS) is 11.5. The highest BCUT2D eigenvalue weighted by Crippen LogP contribution is 2.22. The number of carbonyl (C=O) groups excluding carboxylic acids is 2. The highest BCUT2D eigenvalue weighted by molar-refractivity contribution is 7.13. The second-order valence-corrected chi connectivity index (χ2v) is 6.16. The molecule has 2 rings (SSSR count). The summed E-state index contributed by atoms with van der Waals surface area (Å²) in [4.78, 5) is 30.6. The van der Waals surface area contributed by atoms with Crippen LogP contribution in [0.3, 0.4) is 0 Å². The van der Waals surface area contributed by atoms with E-state index in [1.165, 1.54) is 16.2 Å². The van der Waals surface area contributed by atoms with Crippen molar-refractivity contribution in [2.24, 2.45) is 0 Å². The number of thiazole rings is 1. The molecule has 24 heavy (non-hydrogen) atoms. The minimum atomic E-state index is -0.265. The Balaban J connectivity index is 2.08. The Kier molecular flexibility index (Phi) is 6.69. The quantitative estimate of drug-likeness (QED) is 0.748. The van der Waals surface area contributed by atoms with E-state index in [1.54, 1.807) is 17.7 Å². The second-order valence-electron chi connectivity index (χ2n) is 5.26. The van der Waals surface area contributed by atoms with Crippen LogP contribution in [-0.4, -0.2) is 34.8 Å². The summed E-state index contributed by atoms with van der Waals surface area (Å²) in [5.41, 5.74) is 0.958. The van der Waals surface area contributed by atoms with Crippen LogP contribution >= 0.6 is 11.3 Å². The van der Waals surface area contributed by atoms with Crippen molar-refractivity contribution in [3.8, 4) is 0 Å². The van der Waals surface area contributed by atoms with Crippen molar-refractivity contribution >= 4 is 28.3 Å². The smallest absolute Gasteiger partial charge is 0.245 e. The number of hydrogen-bond donors (Lipinski definition) is 1. The van der Waals surface area contributed by atoms with Gasteiger partial charge in [0.05, 0.1) is 5.92 Å². The van der Waals surface area contributed by atoms with Crippen molar-refractivity contribution < 1.29 is 9.59 Å². The van der Waals surface area contributed by atoms with Crippen molar-refractivity contribution in [2.45, 2.75) is 19.3 Å². The number of nitrogens with one attached hydrogen (secondary N) is 1. The molecule has 0 aliphatic heterocycles. The third kappa shape index (κ3) is 4.76. The molecule has 126 valence electrons. The molecule has 0 aliphatic rings. The number of amides is 2. The molecule has 0 bridgehead atoms. The fourth-order valence-electron chi connectivity index (χ4n) is 2.46. The minimum absolute atomic E-state index is 0.0201. The lowest BCUT2D eigenvalue weighted by Crippen LogP contribution is -2.40. The third-order valence-corrected chi connectivity index (χ3v) is 4.27. The van der Waals surface area contributed by atoms with Gasteiger partial charge in [0.1, 0.15) is 6.54 Å². The summed E-state index contributed by atoms with van der Waals surface area (Å²) in [6.07, 6.45) is 3.92. The van der Waals surface area contributed by atoms with Gasteiger partial charge in [-0.25, -0.2) is 4.98 Å². The van der Waals surface area contributed by atoms with Crippen LogP contribution in [0.15, 0.2) is 54.6 Å². The summed E-state index contributed by atoms with van der Waals surface area (Å²) in [6, 6.07) is 9.63. The average Bonchev–Trinajstić information content (AvgIpc) is 3.09. The maximum atomic E-state index is 12.9. The van der Waals surface area contributed by atoms with E-state index in [2.05, 4.69) is 16.9 Å². The Morgan fingerprint density at radius 1 is 1.38 bits per heavy atom. The lowest BCUT2D eigenvalue weighted by atomic mass is 9.95. The molecule has 1 unspecified atom stereocenters. The van der Waals surface area contributed by atoms with Gasteiger partial charge >= 0.3 is 0 Å². The monoisotopic (exact) mass is 343 g/mol. The number of nitrogens with zero attached hydrogens (tertiary/aromatic N) is 2. The van der Waals surface area contributed by atoms with Crippen LogP contribution in [0.2, 0.25) is 0 Å². The summed E-state index contributed by atoms with van der Waals surface area (Å²) in [6.45, 7) is 5.96. The zero-order valence-corrected chi connectivity index (χ0v) is 14.5. The first-order valence-electron chi connectivity index (χ1n) is 7.79. The van der Waals surface area contributed by atoms with Crippen molar-refractivity contribution in [1.29, 1.82) is 0 Å². The predicted octanol–water partition coefficient (Wildman–Crippen LogP) is 3.29. The van der Waals surface area contributed by atoms with E-state index in [1.807, 2.05) is 37.3 Å². The van der Waals surface area contributed by atoms with Crippen molar-refractivity contribution in [2.75, 3.05) is 18.4 Å². The second kappa shape index (κ2) is 8.98. The van der Waals surface area contributed by atoms with Crippen LogP contribution in [0.5, 0.6) is 0 Å². The number of aromatic nitrogens is 1. The number of hydrogen-bond acceptors (Lipinski definition) is 4. The van der Waals surface area contributed by atoms with Crippen LogP contribution in [-0.2, 0) is 9.59 Å². The molecule has 0 aliphatic carbocycles. The molecule has 0 fully saturated rings. The molecule has 6 heteroatoms. The number of benzene rings is 1. The van der Waals surface area contributed by atoms with Gasteiger partial charge in [0.15, 0.2) is 5.13 Å². The van der Waals surface area contributed by atoms with E-state index in [0.717, 1.165) is 5.56 Å². The number of carbonyl (C=O) groups is 2. The molecule has 1 aromatic heterocycles. The topological polar surface area (TPSA) is 62.3 Å². The van der Waals surface area contributed by atoms with E-state index in [-0.39, 0.29) is 24.3 Å². The summed E-state index contributed by atoms with van der Waals surface area (Å²) >= 11 is 1.34. The Morgan fingerprint density at radius 3 is 2.71 bits per heavy atom. The van der Waals surface area contributed by atoms with Gasteiger partial charge in [0.25, 0.3) is 0 Å². The van der Waals surface area contributed by atoms with Crippen LogP contribution in [0.4, 0.5) is 5.13 Å². The molecule has 1 heterocycles. The van der Waals surface area contributed by atoms with Crippen molar-refractivity contribution in [3.05, 3.63) is 60.1 Å². The molecular formula is C18H21N3O2S. The molecule has 1 atom stereocenters. The highest BCUT2D eigenvalue weighted by Gasteiger charge is 2.25. The van der Waals surface area contributed by atoms with E-state index in [0.29, 0.717) is 18.1 Å². The van der Waals surface area contributed by atoms with Crippen molar-refractivity contribution in [1.82, 2.24) is 9.88 Å². The third-order valence-electron chi connectivity index (χ3n) is 3.58. The maximum Gasteiger partial charge on any atom is 0.245 e. The molecule has 5 nitrogen and oxygen atoms in total. The zero-order chi connectivity index (χ0) is 17.4.